The van der Waals surface area contributed by atoms with Gasteiger partial charge in [0.15, 0.2) is 0 Å². The van der Waals surface area contributed by atoms with E-state index in [-0.39, 0.29) is 12.3 Å². The second kappa shape index (κ2) is 14.2. The van der Waals surface area contributed by atoms with Crippen LogP contribution in [0.25, 0.3) is 0 Å². The summed E-state index contributed by atoms with van der Waals surface area (Å²) in [6, 6.07) is 5.44. The molecule has 0 atom stereocenters. The Balaban J connectivity index is 1.20. The number of fused-ring (bicyclic) bond motifs is 1. The van der Waals surface area contributed by atoms with Gasteiger partial charge in [-0.1, -0.05) is 32.6 Å². The van der Waals surface area contributed by atoms with Crippen molar-refractivity contribution in [1.29, 1.82) is 0 Å². The standard InChI is InChI=1S/C34H46FN7O2/c1-6-25-11-13-42(31-21-37-34-33(23(31)4)36-12-18-44-34)22-30(25)39-24(5)38-27-10-9-26(29(35)20-27)19-32(43)41-16-14-40(15-17-41)28(7-2)8-3/h6,9-10,20-21,28,36,38H,5,7-8,11-19,22H2,1-4H3/b25-6-,39-30-. The van der Waals surface area contributed by atoms with Gasteiger partial charge in [0.2, 0.25) is 11.8 Å². The highest BCUT2D eigenvalue weighted by Gasteiger charge is 2.26. The fraction of sp³-hybridized carbons (Fsp3) is 0.500. The highest BCUT2D eigenvalue weighted by Crippen LogP contribution is 2.35. The van der Waals surface area contributed by atoms with Crippen LogP contribution in [0.2, 0.25) is 0 Å². The van der Waals surface area contributed by atoms with Gasteiger partial charge in [-0.25, -0.2) is 14.4 Å². The Bertz CT molecular complexity index is 1430. The van der Waals surface area contributed by atoms with Crippen molar-refractivity contribution in [2.75, 3.05) is 68.0 Å². The number of piperidine rings is 1. The van der Waals surface area contributed by atoms with Gasteiger partial charge in [0.1, 0.15) is 23.9 Å². The first-order valence-electron chi connectivity index (χ1n) is 15.9. The molecule has 2 N–H and O–H groups in total. The second-order valence-electron chi connectivity index (χ2n) is 11.7. The maximum Gasteiger partial charge on any atom is 0.237 e. The molecule has 4 heterocycles. The van der Waals surface area contributed by atoms with E-state index in [4.69, 9.17) is 9.73 Å². The average Bonchev–Trinajstić information content (AvgIpc) is 3.03. The number of aliphatic imine (C=N–C) groups is 1. The summed E-state index contributed by atoms with van der Waals surface area (Å²) in [6.07, 6.45) is 7.09. The average molecular weight is 604 g/mol. The number of piperazine rings is 1. The maximum absolute atomic E-state index is 15.1. The lowest BCUT2D eigenvalue weighted by Crippen LogP contribution is -2.52. The van der Waals surface area contributed by atoms with Crippen LogP contribution in [0.4, 0.5) is 21.5 Å². The van der Waals surface area contributed by atoms with Crippen LogP contribution in [0.15, 0.2) is 53.4 Å². The van der Waals surface area contributed by atoms with Crippen molar-refractivity contribution in [3.05, 3.63) is 65.4 Å². The molecule has 1 aromatic carbocycles. The molecule has 0 unspecified atom stereocenters. The summed E-state index contributed by atoms with van der Waals surface area (Å²) in [4.78, 5) is 28.9. The zero-order chi connectivity index (χ0) is 31.2. The summed E-state index contributed by atoms with van der Waals surface area (Å²) in [5, 5.41) is 6.56. The van der Waals surface area contributed by atoms with Crippen LogP contribution in [0, 0.1) is 12.7 Å². The van der Waals surface area contributed by atoms with Gasteiger partial charge in [0.25, 0.3) is 0 Å². The van der Waals surface area contributed by atoms with Crippen LogP contribution in [0.3, 0.4) is 0 Å². The number of halogens is 1. The van der Waals surface area contributed by atoms with Gasteiger partial charge in [-0.3, -0.25) is 9.69 Å². The van der Waals surface area contributed by atoms with Crippen LogP contribution in [-0.2, 0) is 11.2 Å². The molecule has 1 aromatic heterocycles. The minimum Gasteiger partial charge on any atom is -0.474 e. The van der Waals surface area contributed by atoms with Crippen molar-refractivity contribution < 1.29 is 13.9 Å². The molecule has 3 aliphatic heterocycles. The van der Waals surface area contributed by atoms with Crippen LogP contribution < -0.4 is 20.3 Å². The molecule has 44 heavy (non-hydrogen) atoms. The number of hydrogen-bond donors (Lipinski definition) is 2. The number of nitrogens with zero attached hydrogens (tertiary/aromatic N) is 5. The predicted molar refractivity (Wildman–Crippen MR) is 176 cm³/mol. The highest BCUT2D eigenvalue weighted by atomic mass is 19.1. The smallest absolute Gasteiger partial charge is 0.237 e. The van der Waals surface area contributed by atoms with E-state index in [9.17, 15) is 4.79 Å². The Hall–Kier alpha value is -3.92. The Labute approximate surface area is 260 Å². The number of aromatic nitrogens is 1. The number of allylic oxidation sites excluding steroid dienone is 1. The van der Waals surface area contributed by atoms with Gasteiger partial charge in [-0.05, 0) is 56.4 Å². The Kier molecular flexibility index (Phi) is 10.2. The zero-order valence-electron chi connectivity index (χ0n) is 26.6. The number of hydrogen-bond acceptors (Lipinski definition) is 8. The fourth-order valence-electron chi connectivity index (χ4n) is 6.46. The van der Waals surface area contributed by atoms with E-state index < -0.39 is 5.82 Å². The van der Waals surface area contributed by atoms with E-state index in [0.29, 0.717) is 55.2 Å². The molecule has 0 radical (unpaired) electrons. The molecule has 0 spiro atoms. The molecule has 0 bridgehead atoms. The van der Waals surface area contributed by atoms with Crippen LogP contribution in [0.1, 0.15) is 51.2 Å². The van der Waals surface area contributed by atoms with Gasteiger partial charge in [0.05, 0.1) is 30.6 Å². The van der Waals surface area contributed by atoms with Crippen molar-refractivity contribution in [1.82, 2.24) is 14.8 Å². The molecule has 3 aliphatic rings. The molecule has 9 nitrogen and oxygen atoms in total. The van der Waals surface area contributed by atoms with Gasteiger partial charge in [-0.15, -0.1) is 0 Å². The number of amides is 1. The van der Waals surface area contributed by atoms with Crippen LogP contribution >= 0.6 is 0 Å². The molecule has 236 valence electrons. The van der Waals surface area contributed by atoms with Crippen molar-refractivity contribution in [2.24, 2.45) is 4.99 Å². The third-order valence-corrected chi connectivity index (χ3v) is 9.05. The number of benzene rings is 1. The molecule has 0 aliphatic carbocycles. The fourth-order valence-corrected chi connectivity index (χ4v) is 6.46. The zero-order valence-corrected chi connectivity index (χ0v) is 26.6. The van der Waals surface area contributed by atoms with Crippen molar-refractivity contribution in [2.45, 2.75) is 59.4 Å². The summed E-state index contributed by atoms with van der Waals surface area (Å²) >= 11 is 0. The molecule has 2 saturated heterocycles. The normalized spacial score (nSPS) is 19.1. The second-order valence-corrected chi connectivity index (χ2v) is 11.7. The minimum absolute atomic E-state index is 0.0296. The lowest BCUT2D eigenvalue weighted by molar-refractivity contribution is -0.132. The van der Waals surface area contributed by atoms with Gasteiger partial charge in [0, 0.05) is 56.6 Å². The van der Waals surface area contributed by atoms with Crippen LogP contribution in [0.5, 0.6) is 5.88 Å². The number of carbonyl (C=O) groups excluding carboxylic acids is 1. The molecular weight excluding hydrogens is 557 g/mol. The summed E-state index contributed by atoms with van der Waals surface area (Å²) < 4.78 is 20.8. The van der Waals surface area contributed by atoms with E-state index in [1.807, 2.05) is 18.0 Å². The first kappa shape index (κ1) is 31.5. The van der Waals surface area contributed by atoms with Crippen molar-refractivity contribution >= 4 is 28.7 Å². The monoisotopic (exact) mass is 603 g/mol. The third kappa shape index (κ3) is 7.07. The van der Waals surface area contributed by atoms with Crippen molar-refractivity contribution in [3.8, 4) is 5.88 Å². The molecule has 2 fully saturated rings. The number of rotatable bonds is 9. The summed E-state index contributed by atoms with van der Waals surface area (Å²) in [5.74, 6) is 0.631. The topological polar surface area (TPSA) is 85.3 Å². The van der Waals surface area contributed by atoms with Crippen molar-refractivity contribution in [3.63, 3.8) is 0 Å². The molecule has 2 aromatic rings. The molecule has 5 rings (SSSR count). The van der Waals surface area contributed by atoms with E-state index in [1.54, 1.807) is 12.1 Å². The number of ether oxygens (including phenoxy) is 1. The van der Waals surface area contributed by atoms with Gasteiger partial charge < -0.3 is 25.2 Å². The summed E-state index contributed by atoms with van der Waals surface area (Å²) in [7, 11) is 0. The molecular formula is C34H46FN7O2. The quantitative estimate of drug-likeness (QED) is 0.398. The molecule has 10 heteroatoms. The molecule has 1 amide bonds. The number of carbonyl (C=O) groups is 1. The first-order chi connectivity index (χ1) is 21.3. The van der Waals surface area contributed by atoms with E-state index in [2.05, 4.69) is 58.8 Å². The molecule has 0 saturated carbocycles. The first-order valence-corrected chi connectivity index (χ1v) is 15.9. The summed E-state index contributed by atoms with van der Waals surface area (Å²) in [5.41, 5.74) is 6.10. The Morgan fingerprint density at radius 3 is 2.70 bits per heavy atom. The lowest BCUT2D eigenvalue weighted by Gasteiger charge is -2.39. The van der Waals surface area contributed by atoms with E-state index >= 15 is 4.39 Å². The number of pyridine rings is 1. The van der Waals surface area contributed by atoms with E-state index in [1.165, 1.54) is 6.07 Å². The Morgan fingerprint density at radius 1 is 1.23 bits per heavy atom. The largest absolute Gasteiger partial charge is 0.474 e. The predicted octanol–water partition coefficient (Wildman–Crippen LogP) is 5.39. The Morgan fingerprint density at radius 2 is 2.00 bits per heavy atom. The lowest BCUT2D eigenvalue weighted by atomic mass is 10.00. The SMILES string of the molecule is C=C(/N=C1/CN(c2cnc3c(c2C)NCCO3)CC/C1=C/C)Nc1ccc(CC(=O)N2CCN(C(CC)CC)CC2)c(F)c1. The van der Waals surface area contributed by atoms with Gasteiger partial charge >= 0.3 is 0 Å². The number of nitrogens with one attached hydrogen (secondary N) is 2. The number of anilines is 3. The van der Waals surface area contributed by atoms with Gasteiger partial charge in [-0.2, -0.15) is 0 Å². The third-order valence-electron chi connectivity index (χ3n) is 9.05. The highest BCUT2D eigenvalue weighted by molar-refractivity contribution is 6.05. The minimum atomic E-state index is -0.412. The van der Waals surface area contributed by atoms with E-state index in [0.717, 1.165) is 73.7 Å². The van der Waals surface area contributed by atoms with Crippen LogP contribution in [-0.4, -0.2) is 84.9 Å². The summed E-state index contributed by atoms with van der Waals surface area (Å²) in [6.45, 7) is 18.6. The maximum atomic E-state index is 15.1.